The van der Waals surface area contributed by atoms with Crippen molar-refractivity contribution < 1.29 is 14.3 Å². The quantitative estimate of drug-likeness (QED) is 0.332. The first kappa shape index (κ1) is 22.6. The molecule has 4 rings (SSSR count). The van der Waals surface area contributed by atoms with Gasteiger partial charge in [-0.05, 0) is 35.4 Å². The number of benzene rings is 3. The highest BCUT2D eigenvalue weighted by Crippen LogP contribution is 2.35. The van der Waals surface area contributed by atoms with Gasteiger partial charge in [0.05, 0.1) is 30.2 Å². The van der Waals surface area contributed by atoms with E-state index in [1.807, 2.05) is 66.7 Å². The molecule has 0 saturated carbocycles. The van der Waals surface area contributed by atoms with Crippen LogP contribution in [0, 0.1) is 11.3 Å². The van der Waals surface area contributed by atoms with Crippen molar-refractivity contribution in [2.45, 2.75) is 13.2 Å². The molecule has 0 N–H and O–H groups in total. The monoisotopic (exact) mass is 472 g/mol. The smallest absolute Gasteiger partial charge is 0.266 e. The molecular weight excluding hydrogens is 452 g/mol. The standard InChI is InChI=1S/C26H20N2O3S2/c1-30-23-13-19(11-12-22(23)31-17-21-10-6-5-9-20(21)15-27)14-24-25(29)28(26(32)33-24)16-18-7-3-2-4-8-18/h2-14H,16-17H2,1H3/b24-14-. The molecule has 0 bridgehead atoms. The Labute approximate surface area is 202 Å². The van der Waals surface area contributed by atoms with Gasteiger partial charge in [0, 0.05) is 5.56 Å². The van der Waals surface area contributed by atoms with E-state index in [2.05, 4.69) is 6.07 Å². The molecule has 1 heterocycles. The van der Waals surface area contributed by atoms with Crippen molar-refractivity contribution in [2.75, 3.05) is 7.11 Å². The van der Waals surface area contributed by atoms with Crippen LogP contribution in [0.3, 0.4) is 0 Å². The minimum Gasteiger partial charge on any atom is -0.493 e. The third kappa shape index (κ3) is 5.25. The van der Waals surface area contributed by atoms with E-state index in [9.17, 15) is 10.1 Å². The molecule has 164 valence electrons. The van der Waals surface area contributed by atoms with Gasteiger partial charge in [-0.15, -0.1) is 0 Å². The fourth-order valence-electron chi connectivity index (χ4n) is 3.36. The molecule has 1 saturated heterocycles. The topological polar surface area (TPSA) is 62.6 Å². The summed E-state index contributed by atoms with van der Waals surface area (Å²) in [7, 11) is 1.56. The average Bonchev–Trinajstić information content (AvgIpc) is 3.11. The Morgan fingerprint density at radius 3 is 2.58 bits per heavy atom. The molecule has 33 heavy (non-hydrogen) atoms. The maximum atomic E-state index is 12.9. The number of carbonyl (C=O) groups excluding carboxylic acids is 1. The second kappa shape index (κ2) is 10.3. The molecule has 1 aliphatic heterocycles. The molecule has 0 spiro atoms. The van der Waals surface area contributed by atoms with Gasteiger partial charge in [0.2, 0.25) is 0 Å². The highest BCUT2D eigenvalue weighted by Gasteiger charge is 2.32. The lowest BCUT2D eigenvalue weighted by atomic mass is 10.1. The van der Waals surface area contributed by atoms with Crippen LogP contribution in [0.25, 0.3) is 6.08 Å². The van der Waals surface area contributed by atoms with Crippen LogP contribution in [0.5, 0.6) is 11.5 Å². The first-order valence-electron chi connectivity index (χ1n) is 10.2. The number of nitriles is 1. The lowest BCUT2D eigenvalue weighted by Crippen LogP contribution is -2.27. The predicted octanol–water partition coefficient (Wildman–Crippen LogP) is 5.55. The van der Waals surface area contributed by atoms with Crippen molar-refractivity contribution >= 4 is 40.3 Å². The van der Waals surface area contributed by atoms with E-state index < -0.39 is 0 Å². The van der Waals surface area contributed by atoms with Crippen LogP contribution in [-0.2, 0) is 17.9 Å². The molecule has 1 aliphatic rings. The van der Waals surface area contributed by atoms with Crippen LogP contribution >= 0.6 is 24.0 Å². The number of ether oxygens (including phenoxy) is 2. The first-order valence-corrected chi connectivity index (χ1v) is 11.4. The van der Waals surface area contributed by atoms with E-state index >= 15 is 0 Å². The summed E-state index contributed by atoms with van der Waals surface area (Å²) < 4.78 is 11.9. The summed E-state index contributed by atoms with van der Waals surface area (Å²) in [5.41, 5.74) is 3.20. The van der Waals surface area contributed by atoms with E-state index in [4.69, 9.17) is 21.7 Å². The zero-order chi connectivity index (χ0) is 23.2. The number of amides is 1. The number of thioether (sulfide) groups is 1. The second-order valence-corrected chi connectivity index (χ2v) is 8.90. The zero-order valence-electron chi connectivity index (χ0n) is 17.9. The molecule has 3 aromatic carbocycles. The number of hydrogen-bond acceptors (Lipinski definition) is 6. The lowest BCUT2D eigenvalue weighted by molar-refractivity contribution is -0.122. The van der Waals surface area contributed by atoms with Crippen LogP contribution in [-0.4, -0.2) is 22.2 Å². The summed E-state index contributed by atoms with van der Waals surface area (Å²) >= 11 is 6.73. The summed E-state index contributed by atoms with van der Waals surface area (Å²) in [6.07, 6.45) is 1.81. The number of methoxy groups -OCH3 is 1. The van der Waals surface area contributed by atoms with Gasteiger partial charge in [0.15, 0.2) is 11.5 Å². The van der Waals surface area contributed by atoms with Gasteiger partial charge in [-0.3, -0.25) is 9.69 Å². The molecule has 0 aliphatic carbocycles. The summed E-state index contributed by atoms with van der Waals surface area (Å²) in [6.45, 7) is 0.695. The molecule has 0 radical (unpaired) electrons. The van der Waals surface area contributed by atoms with Crippen LogP contribution in [0.1, 0.15) is 22.3 Å². The minimum atomic E-state index is -0.110. The Morgan fingerprint density at radius 1 is 1.06 bits per heavy atom. The molecule has 1 amide bonds. The molecule has 3 aromatic rings. The van der Waals surface area contributed by atoms with Crippen LogP contribution in [0.15, 0.2) is 77.7 Å². The van der Waals surface area contributed by atoms with E-state index in [1.54, 1.807) is 24.1 Å². The van der Waals surface area contributed by atoms with Gasteiger partial charge < -0.3 is 9.47 Å². The van der Waals surface area contributed by atoms with E-state index in [0.717, 1.165) is 16.7 Å². The SMILES string of the molecule is COc1cc(/C=C2\SC(=S)N(Cc3ccccc3)C2=O)ccc1OCc1ccccc1C#N. The summed E-state index contributed by atoms with van der Waals surface area (Å²) in [5.74, 6) is 0.984. The van der Waals surface area contributed by atoms with Crippen LogP contribution < -0.4 is 9.47 Å². The van der Waals surface area contributed by atoms with Crippen molar-refractivity contribution in [1.29, 1.82) is 5.26 Å². The largest absolute Gasteiger partial charge is 0.493 e. The first-order chi connectivity index (χ1) is 16.1. The third-order valence-corrected chi connectivity index (χ3v) is 6.44. The highest BCUT2D eigenvalue weighted by molar-refractivity contribution is 8.26. The number of hydrogen-bond donors (Lipinski definition) is 0. The lowest BCUT2D eigenvalue weighted by Gasteiger charge is -2.14. The van der Waals surface area contributed by atoms with Crippen molar-refractivity contribution in [2.24, 2.45) is 0 Å². The molecule has 7 heteroatoms. The number of rotatable bonds is 7. The van der Waals surface area contributed by atoms with Gasteiger partial charge in [0.25, 0.3) is 5.91 Å². The summed E-state index contributed by atoms with van der Waals surface area (Å²) in [5, 5.41) is 9.25. The third-order valence-electron chi connectivity index (χ3n) is 5.06. The fourth-order valence-corrected chi connectivity index (χ4v) is 4.61. The molecular formula is C26H20N2O3S2. The molecule has 0 aromatic heterocycles. The molecule has 0 atom stereocenters. The number of carbonyl (C=O) groups is 1. The molecule has 1 fully saturated rings. The summed E-state index contributed by atoms with van der Waals surface area (Å²) in [6, 6.07) is 24.7. The van der Waals surface area contributed by atoms with Crippen molar-refractivity contribution in [3.05, 3.63) is 100.0 Å². The average molecular weight is 473 g/mol. The Hall–Kier alpha value is -3.60. The van der Waals surface area contributed by atoms with Crippen molar-refractivity contribution in [3.8, 4) is 17.6 Å². The number of thiocarbonyl (C=S) groups is 1. The van der Waals surface area contributed by atoms with Gasteiger partial charge in [-0.25, -0.2) is 0 Å². The Morgan fingerprint density at radius 2 is 1.82 bits per heavy atom. The van der Waals surface area contributed by atoms with E-state index in [-0.39, 0.29) is 12.5 Å². The van der Waals surface area contributed by atoms with E-state index in [1.165, 1.54) is 11.8 Å². The highest BCUT2D eigenvalue weighted by atomic mass is 32.2. The Kier molecular flexibility index (Phi) is 7.08. The minimum absolute atomic E-state index is 0.110. The van der Waals surface area contributed by atoms with Crippen molar-refractivity contribution in [3.63, 3.8) is 0 Å². The normalized spacial score (nSPS) is 14.4. The number of nitrogens with zero attached hydrogens (tertiary/aromatic N) is 2. The van der Waals surface area contributed by atoms with Gasteiger partial charge in [-0.1, -0.05) is 78.6 Å². The van der Waals surface area contributed by atoms with E-state index in [0.29, 0.717) is 32.8 Å². The maximum Gasteiger partial charge on any atom is 0.266 e. The van der Waals surface area contributed by atoms with Crippen molar-refractivity contribution in [1.82, 2.24) is 4.90 Å². The van der Waals surface area contributed by atoms with Crippen LogP contribution in [0.2, 0.25) is 0 Å². The second-order valence-electron chi connectivity index (χ2n) is 7.22. The zero-order valence-corrected chi connectivity index (χ0v) is 19.5. The fraction of sp³-hybridized carbons (Fsp3) is 0.115. The molecule has 0 unspecified atom stereocenters. The maximum absolute atomic E-state index is 12.9. The Balaban J connectivity index is 1.50. The van der Waals surface area contributed by atoms with Gasteiger partial charge in [0.1, 0.15) is 10.9 Å². The van der Waals surface area contributed by atoms with Crippen LogP contribution in [0.4, 0.5) is 0 Å². The van der Waals surface area contributed by atoms with Gasteiger partial charge in [-0.2, -0.15) is 5.26 Å². The van der Waals surface area contributed by atoms with Gasteiger partial charge >= 0.3 is 0 Å². The molecule has 5 nitrogen and oxygen atoms in total. The predicted molar refractivity (Wildman–Crippen MR) is 134 cm³/mol. The summed E-state index contributed by atoms with van der Waals surface area (Å²) in [4.78, 5) is 15.1. The Bertz CT molecular complexity index is 1270.